The molecule has 0 radical (unpaired) electrons. The van der Waals surface area contributed by atoms with Crippen LogP contribution in [-0.4, -0.2) is 34.0 Å². The normalized spacial score (nSPS) is 11.0. The highest BCUT2D eigenvalue weighted by Gasteiger charge is 2.09. The standard InChI is InChI=1S/C13H15N7S2/c1-20(2)12-18-10(17-11(15)19-12)6-21-13-16-8-4-3-7(14)5-9(8)22-13/h3-5H,6,14H2,1-2H3,(H2,15,17,18,19). The Hall–Kier alpha value is -2.13. The molecular weight excluding hydrogens is 318 g/mol. The zero-order valence-electron chi connectivity index (χ0n) is 12.1. The lowest BCUT2D eigenvalue weighted by atomic mass is 10.3. The Morgan fingerprint density at radius 3 is 2.73 bits per heavy atom. The molecule has 1 aromatic carbocycles. The van der Waals surface area contributed by atoms with Crippen LogP contribution in [-0.2, 0) is 5.75 Å². The molecule has 9 heteroatoms. The molecular formula is C13H15N7S2. The molecule has 0 atom stereocenters. The van der Waals surface area contributed by atoms with Crippen molar-refractivity contribution in [3.05, 3.63) is 24.0 Å². The predicted molar refractivity (Wildman–Crippen MR) is 92.2 cm³/mol. The number of hydrogen-bond acceptors (Lipinski definition) is 9. The molecule has 3 rings (SSSR count). The van der Waals surface area contributed by atoms with Crippen LogP contribution in [0.25, 0.3) is 10.2 Å². The minimum atomic E-state index is 0.228. The van der Waals surface area contributed by atoms with E-state index in [-0.39, 0.29) is 5.95 Å². The van der Waals surface area contributed by atoms with E-state index in [2.05, 4.69) is 19.9 Å². The Morgan fingerprint density at radius 2 is 1.95 bits per heavy atom. The third-order valence-electron chi connectivity index (χ3n) is 2.80. The van der Waals surface area contributed by atoms with Crippen LogP contribution in [0, 0.1) is 0 Å². The van der Waals surface area contributed by atoms with E-state index in [0.717, 1.165) is 20.2 Å². The zero-order valence-corrected chi connectivity index (χ0v) is 13.8. The molecule has 0 aliphatic carbocycles. The molecule has 0 fully saturated rings. The minimum Gasteiger partial charge on any atom is -0.399 e. The number of anilines is 3. The third kappa shape index (κ3) is 3.20. The Bertz CT molecular complexity index is 815. The van der Waals surface area contributed by atoms with Gasteiger partial charge in [-0.2, -0.15) is 15.0 Å². The number of aromatic nitrogens is 4. The summed E-state index contributed by atoms with van der Waals surface area (Å²) in [5.74, 6) is 2.01. The Morgan fingerprint density at radius 1 is 1.14 bits per heavy atom. The maximum atomic E-state index is 5.79. The fourth-order valence-electron chi connectivity index (χ4n) is 1.80. The van der Waals surface area contributed by atoms with Gasteiger partial charge in [0.2, 0.25) is 11.9 Å². The average molecular weight is 333 g/mol. The van der Waals surface area contributed by atoms with Gasteiger partial charge in [-0.3, -0.25) is 0 Å². The lowest BCUT2D eigenvalue weighted by Crippen LogP contribution is -2.15. The van der Waals surface area contributed by atoms with Gasteiger partial charge in [-0.05, 0) is 18.2 Å². The summed E-state index contributed by atoms with van der Waals surface area (Å²) < 4.78 is 2.03. The molecule has 0 saturated heterocycles. The molecule has 0 bridgehead atoms. The summed E-state index contributed by atoms with van der Waals surface area (Å²) in [7, 11) is 3.73. The number of fused-ring (bicyclic) bond motifs is 1. The molecule has 0 spiro atoms. The first-order valence-electron chi connectivity index (χ1n) is 6.48. The maximum Gasteiger partial charge on any atom is 0.229 e. The molecule has 2 aromatic heterocycles. The number of benzene rings is 1. The average Bonchev–Trinajstić information content (AvgIpc) is 2.86. The molecule has 0 saturated carbocycles. The summed E-state index contributed by atoms with van der Waals surface area (Å²) in [5, 5.41) is 0. The number of hydrogen-bond donors (Lipinski definition) is 2. The smallest absolute Gasteiger partial charge is 0.229 e. The van der Waals surface area contributed by atoms with Crippen LogP contribution in [0.3, 0.4) is 0 Å². The van der Waals surface area contributed by atoms with Crippen molar-refractivity contribution in [1.29, 1.82) is 0 Å². The Balaban J connectivity index is 1.78. The summed E-state index contributed by atoms with van der Waals surface area (Å²) in [6.07, 6.45) is 0. The van der Waals surface area contributed by atoms with Crippen molar-refractivity contribution in [2.45, 2.75) is 10.1 Å². The van der Waals surface area contributed by atoms with Gasteiger partial charge in [0.1, 0.15) is 5.82 Å². The van der Waals surface area contributed by atoms with E-state index >= 15 is 0 Å². The molecule has 2 heterocycles. The van der Waals surface area contributed by atoms with Crippen LogP contribution >= 0.6 is 23.1 Å². The summed E-state index contributed by atoms with van der Waals surface area (Å²) in [5.41, 5.74) is 13.2. The van der Waals surface area contributed by atoms with Gasteiger partial charge in [0.05, 0.1) is 16.0 Å². The SMILES string of the molecule is CN(C)c1nc(N)nc(CSc2nc3ccc(N)cc3s2)n1. The summed E-state index contributed by atoms with van der Waals surface area (Å²) >= 11 is 3.18. The van der Waals surface area contributed by atoms with Crippen LogP contribution < -0.4 is 16.4 Å². The molecule has 0 unspecified atom stereocenters. The van der Waals surface area contributed by atoms with E-state index in [4.69, 9.17) is 11.5 Å². The number of thiazole rings is 1. The second kappa shape index (κ2) is 5.93. The van der Waals surface area contributed by atoms with Gasteiger partial charge in [0.25, 0.3) is 0 Å². The van der Waals surface area contributed by atoms with E-state index in [9.17, 15) is 0 Å². The molecule has 4 N–H and O–H groups in total. The molecule has 3 aromatic rings. The van der Waals surface area contributed by atoms with Crippen LogP contribution in [0.5, 0.6) is 0 Å². The quantitative estimate of drug-likeness (QED) is 0.551. The Kier molecular flexibility index (Phi) is 3.99. The highest BCUT2D eigenvalue weighted by atomic mass is 32.2. The highest BCUT2D eigenvalue weighted by Crippen LogP contribution is 2.32. The van der Waals surface area contributed by atoms with Gasteiger partial charge in [0, 0.05) is 19.8 Å². The first kappa shape index (κ1) is 14.8. The number of nitrogens with zero attached hydrogens (tertiary/aromatic N) is 5. The number of nitrogen functional groups attached to an aromatic ring is 2. The van der Waals surface area contributed by atoms with Gasteiger partial charge in [-0.15, -0.1) is 11.3 Å². The van der Waals surface area contributed by atoms with Crippen molar-refractivity contribution in [1.82, 2.24) is 19.9 Å². The fraction of sp³-hybridized carbons (Fsp3) is 0.231. The minimum absolute atomic E-state index is 0.228. The molecule has 0 aliphatic heterocycles. The van der Waals surface area contributed by atoms with Crippen molar-refractivity contribution in [2.24, 2.45) is 0 Å². The van der Waals surface area contributed by atoms with Crippen molar-refractivity contribution >= 4 is 50.9 Å². The van der Waals surface area contributed by atoms with Crippen LogP contribution in [0.1, 0.15) is 5.82 Å². The third-order valence-corrected chi connectivity index (χ3v) is 4.96. The van der Waals surface area contributed by atoms with Crippen LogP contribution in [0.4, 0.5) is 17.6 Å². The van der Waals surface area contributed by atoms with E-state index in [1.165, 1.54) is 0 Å². The predicted octanol–water partition coefficient (Wildman–Crippen LogP) is 2.00. The summed E-state index contributed by atoms with van der Waals surface area (Å²) in [4.78, 5) is 19.0. The molecule has 0 amide bonds. The second-order valence-electron chi connectivity index (χ2n) is 4.80. The number of thioether (sulfide) groups is 1. The number of rotatable bonds is 4. The van der Waals surface area contributed by atoms with E-state index in [0.29, 0.717) is 17.5 Å². The van der Waals surface area contributed by atoms with Crippen molar-refractivity contribution < 1.29 is 0 Å². The van der Waals surface area contributed by atoms with Crippen molar-refractivity contribution in [2.75, 3.05) is 30.5 Å². The maximum absolute atomic E-state index is 5.79. The van der Waals surface area contributed by atoms with Crippen LogP contribution in [0.2, 0.25) is 0 Å². The first-order chi connectivity index (χ1) is 10.5. The van der Waals surface area contributed by atoms with Crippen molar-refractivity contribution in [3.8, 4) is 0 Å². The zero-order chi connectivity index (χ0) is 15.7. The monoisotopic (exact) mass is 333 g/mol. The van der Waals surface area contributed by atoms with E-state index in [1.807, 2.05) is 32.3 Å². The van der Waals surface area contributed by atoms with Gasteiger partial charge < -0.3 is 16.4 Å². The molecule has 0 aliphatic rings. The topological polar surface area (TPSA) is 107 Å². The van der Waals surface area contributed by atoms with E-state index in [1.54, 1.807) is 28.0 Å². The lowest BCUT2D eigenvalue weighted by molar-refractivity contribution is 0.919. The summed E-state index contributed by atoms with van der Waals surface area (Å²) in [6, 6.07) is 5.71. The lowest BCUT2D eigenvalue weighted by Gasteiger charge is -2.10. The highest BCUT2D eigenvalue weighted by molar-refractivity contribution is 8.00. The fourth-order valence-corrected chi connectivity index (χ4v) is 3.77. The molecule has 114 valence electrons. The van der Waals surface area contributed by atoms with Gasteiger partial charge in [-0.25, -0.2) is 4.98 Å². The molecule has 7 nitrogen and oxygen atoms in total. The second-order valence-corrected chi connectivity index (χ2v) is 7.05. The van der Waals surface area contributed by atoms with Crippen LogP contribution in [0.15, 0.2) is 22.5 Å². The van der Waals surface area contributed by atoms with Gasteiger partial charge >= 0.3 is 0 Å². The molecule has 22 heavy (non-hydrogen) atoms. The van der Waals surface area contributed by atoms with Crippen molar-refractivity contribution in [3.63, 3.8) is 0 Å². The largest absolute Gasteiger partial charge is 0.399 e. The Labute approximate surface area is 135 Å². The van der Waals surface area contributed by atoms with E-state index < -0.39 is 0 Å². The first-order valence-corrected chi connectivity index (χ1v) is 8.28. The van der Waals surface area contributed by atoms with Gasteiger partial charge in [-0.1, -0.05) is 11.8 Å². The van der Waals surface area contributed by atoms with Gasteiger partial charge in [0.15, 0.2) is 4.34 Å². The summed E-state index contributed by atoms with van der Waals surface area (Å²) in [6.45, 7) is 0. The number of nitrogens with two attached hydrogens (primary N) is 2.